The fourth-order valence-corrected chi connectivity index (χ4v) is 5.20. The predicted octanol–water partition coefficient (Wildman–Crippen LogP) is 6.53. The number of piperazine rings is 1. The summed E-state index contributed by atoms with van der Waals surface area (Å²) in [7, 11) is 1.77. The van der Waals surface area contributed by atoms with Crippen molar-refractivity contribution in [1.82, 2.24) is 9.80 Å². The van der Waals surface area contributed by atoms with Gasteiger partial charge in [0.05, 0.1) is 5.56 Å². The van der Waals surface area contributed by atoms with Crippen LogP contribution in [0.3, 0.4) is 0 Å². The number of aryl methyl sites for hydroxylation is 1. The van der Waals surface area contributed by atoms with E-state index in [-0.39, 0.29) is 17.8 Å². The Labute approximate surface area is 256 Å². The van der Waals surface area contributed by atoms with Gasteiger partial charge < -0.3 is 25.3 Å². The Morgan fingerprint density at radius 2 is 1.49 bits per heavy atom. The quantitative estimate of drug-likeness (QED) is 0.254. The standard InChI is InChI=1S/C34H34ClN5O3/c1-24-7-6-10-28(21-24)37-34(43)40-19-17-39(18-20-40)31-16-15-29(36-32(41)26-11-13-27(35)14-12-26)22-30(31)33(42)38(2)23-25-8-4-3-5-9-25/h3-16,21-22H,17-20,23H2,1-2H3,(H,36,41)(H,37,43). The van der Waals surface area contributed by atoms with E-state index in [1.807, 2.05) is 67.6 Å². The highest BCUT2D eigenvalue weighted by molar-refractivity contribution is 6.30. The number of hydrogen-bond donors (Lipinski definition) is 2. The number of urea groups is 1. The van der Waals surface area contributed by atoms with Crippen LogP contribution in [0, 0.1) is 6.92 Å². The van der Waals surface area contributed by atoms with Crippen LogP contribution >= 0.6 is 11.6 Å². The van der Waals surface area contributed by atoms with Gasteiger partial charge in [-0.3, -0.25) is 9.59 Å². The van der Waals surface area contributed by atoms with Crippen molar-refractivity contribution in [2.24, 2.45) is 0 Å². The smallest absolute Gasteiger partial charge is 0.321 e. The molecule has 0 bridgehead atoms. The van der Waals surface area contributed by atoms with Crippen LogP contribution in [0.25, 0.3) is 0 Å². The largest absolute Gasteiger partial charge is 0.367 e. The molecule has 1 aliphatic heterocycles. The van der Waals surface area contributed by atoms with E-state index in [0.717, 1.165) is 22.5 Å². The highest BCUT2D eigenvalue weighted by atomic mass is 35.5. The van der Waals surface area contributed by atoms with Gasteiger partial charge in [0.1, 0.15) is 0 Å². The number of nitrogens with zero attached hydrogens (tertiary/aromatic N) is 3. The van der Waals surface area contributed by atoms with Gasteiger partial charge in [-0.15, -0.1) is 0 Å². The van der Waals surface area contributed by atoms with Crippen LogP contribution in [0.15, 0.2) is 97.1 Å². The topological polar surface area (TPSA) is 85.0 Å². The minimum Gasteiger partial charge on any atom is -0.367 e. The number of benzene rings is 4. The van der Waals surface area contributed by atoms with Crippen molar-refractivity contribution >= 4 is 46.5 Å². The van der Waals surface area contributed by atoms with E-state index in [9.17, 15) is 14.4 Å². The molecule has 0 radical (unpaired) electrons. The van der Waals surface area contributed by atoms with Crippen LogP contribution in [0.2, 0.25) is 5.02 Å². The summed E-state index contributed by atoms with van der Waals surface area (Å²) in [6, 6.07) is 29.4. The van der Waals surface area contributed by atoms with E-state index in [1.54, 1.807) is 53.2 Å². The SMILES string of the molecule is Cc1cccc(NC(=O)N2CCN(c3ccc(NC(=O)c4ccc(Cl)cc4)cc3C(=O)N(C)Cc3ccccc3)CC2)c1. The molecule has 0 spiro atoms. The van der Waals surface area contributed by atoms with Crippen LogP contribution in [-0.4, -0.2) is 60.9 Å². The third kappa shape index (κ3) is 7.53. The van der Waals surface area contributed by atoms with E-state index >= 15 is 0 Å². The first-order chi connectivity index (χ1) is 20.8. The highest BCUT2D eigenvalue weighted by Gasteiger charge is 2.26. The molecular weight excluding hydrogens is 562 g/mol. The van der Waals surface area contributed by atoms with Gasteiger partial charge in [0, 0.05) is 67.4 Å². The first kappa shape index (κ1) is 29.7. The Balaban J connectivity index is 1.34. The monoisotopic (exact) mass is 595 g/mol. The zero-order chi connectivity index (χ0) is 30.3. The van der Waals surface area contributed by atoms with Gasteiger partial charge in [0.25, 0.3) is 11.8 Å². The molecule has 9 heteroatoms. The highest BCUT2D eigenvalue weighted by Crippen LogP contribution is 2.28. The molecule has 0 atom stereocenters. The summed E-state index contributed by atoms with van der Waals surface area (Å²) < 4.78 is 0. The molecule has 220 valence electrons. The predicted molar refractivity (Wildman–Crippen MR) is 172 cm³/mol. The lowest BCUT2D eigenvalue weighted by molar-refractivity contribution is 0.0785. The summed E-state index contributed by atoms with van der Waals surface area (Å²) in [6.45, 7) is 4.54. The van der Waals surface area contributed by atoms with Crippen LogP contribution in [0.4, 0.5) is 21.9 Å². The van der Waals surface area contributed by atoms with Crippen molar-refractivity contribution < 1.29 is 14.4 Å². The molecule has 43 heavy (non-hydrogen) atoms. The Kier molecular flexibility index (Phi) is 9.27. The van der Waals surface area contributed by atoms with E-state index in [0.29, 0.717) is 54.6 Å². The number of halogens is 1. The fraction of sp³-hybridized carbons (Fsp3) is 0.206. The lowest BCUT2D eigenvalue weighted by Crippen LogP contribution is -2.50. The molecule has 0 unspecified atom stereocenters. The molecule has 2 N–H and O–H groups in total. The molecule has 1 aliphatic rings. The summed E-state index contributed by atoms with van der Waals surface area (Å²) in [4.78, 5) is 45.3. The normalized spacial score (nSPS) is 12.9. The average Bonchev–Trinajstić information content (AvgIpc) is 3.01. The van der Waals surface area contributed by atoms with Crippen molar-refractivity contribution in [3.63, 3.8) is 0 Å². The van der Waals surface area contributed by atoms with Crippen LogP contribution < -0.4 is 15.5 Å². The molecular formula is C34H34ClN5O3. The van der Waals surface area contributed by atoms with Crippen LogP contribution in [0.1, 0.15) is 31.8 Å². The van der Waals surface area contributed by atoms with Crippen molar-refractivity contribution in [2.75, 3.05) is 48.8 Å². The fourth-order valence-electron chi connectivity index (χ4n) is 5.08. The minimum absolute atomic E-state index is 0.149. The third-order valence-electron chi connectivity index (χ3n) is 7.38. The van der Waals surface area contributed by atoms with Crippen LogP contribution in [-0.2, 0) is 6.54 Å². The van der Waals surface area contributed by atoms with E-state index in [4.69, 9.17) is 11.6 Å². The zero-order valence-corrected chi connectivity index (χ0v) is 25.0. The molecule has 1 fully saturated rings. The van der Waals surface area contributed by atoms with E-state index in [1.165, 1.54) is 0 Å². The number of amides is 4. The molecule has 1 saturated heterocycles. The molecule has 0 aliphatic carbocycles. The molecule has 8 nitrogen and oxygen atoms in total. The van der Waals surface area contributed by atoms with Gasteiger partial charge in [-0.1, -0.05) is 54.1 Å². The van der Waals surface area contributed by atoms with Crippen molar-refractivity contribution in [3.05, 3.63) is 124 Å². The number of rotatable bonds is 7. The first-order valence-corrected chi connectivity index (χ1v) is 14.5. The van der Waals surface area contributed by atoms with Crippen molar-refractivity contribution in [1.29, 1.82) is 0 Å². The second-order valence-corrected chi connectivity index (χ2v) is 11.0. The molecule has 4 aromatic rings. The van der Waals surface area contributed by atoms with Gasteiger partial charge in [0.2, 0.25) is 0 Å². The minimum atomic E-state index is -0.298. The first-order valence-electron chi connectivity index (χ1n) is 14.1. The summed E-state index contributed by atoms with van der Waals surface area (Å²) in [6.07, 6.45) is 0. The number of hydrogen-bond acceptors (Lipinski definition) is 4. The molecule has 0 saturated carbocycles. The third-order valence-corrected chi connectivity index (χ3v) is 7.63. The van der Waals surface area contributed by atoms with Gasteiger partial charge in [-0.25, -0.2) is 4.79 Å². The Bertz CT molecular complexity index is 1600. The molecule has 4 amide bonds. The second kappa shape index (κ2) is 13.4. The number of nitrogens with one attached hydrogen (secondary N) is 2. The summed E-state index contributed by atoms with van der Waals surface area (Å²) in [5, 5.41) is 6.43. The van der Waals surface area contributed by atoms with Gasteiger partial charge in [-0.2, -0.15) is 0 Å². The summed E-state index contributed by atoms with van der Waals surface area (Å²) >= 11 is 5.98. The van der Waals surface area contributed by atoms with Crippen LogP contribution in [0.5, 0.6) is 0 Å². The van der Waals surface area contributed by atoms with Crippen molar-refractivity contribution in [3.8, 4) is 0 Å². The molecule has 4 aromatic carbocycles. The van der Waals surface area contributed by atoms with Gasteiger partial charge in [0.15, 0.2) is 0 Å². The molecule has 1 heterocycles. The summed E-state index contributed by atoms with van der Waals surface area (Å²) in [5.41, 5.74) is 5.06. The van der Waals surface area contributed by atoms with Gasteiger partial charge in [-0.05, 0) is 72.6 Å². The van der Waals surface area contributed by atoms with E-state index < -0.39 is 0 Å². The zero-order valence-electron chi connectivity index (χ0n) is 24.2. The Hall–Kier alpha value is -4.82. The maximum atomic E-state index is 13.9. The number of carbonyl (C=O) groups excluding carboxylic acids is 3. The number of anilines is 3. The Morgan fingerprint density at radius 1 is 0.791 bits per heavy atom. The lowest BCUT2D eigenvalue weighted by Gasteiger charge is -2.37. The molecule has 0 aromatic heterocycles. The average molecular weight is 596 g/mol. The number of carbonyl (C=O) groups is 3. The Morgan fingerprint density at radius 3 is 2.19 bits per heavy atom. The second-order valence-electron chi connectivity index (χ2n) is 10.6. The maximum absolute atomic E-state index is 13.9. The lowest BCUT2D eigenvalue weighted by atomic mass is 10.1. The maximum Gasteiger partial charge on any atom is 0.321 e. The van der Waals surface area contributed by atoms with Crippen molar-refractivity contribution in [2.45, 2.75) is 13.5 Å². The van der Waals surface area contributed by atoms with E-state index in [2.05, 4.69) is 15.5 Å². The summed E-state index contributed by atoms with van der Waals surface area (Å²) in [5.74, 6) is -0.463. The van der Waals surface area contributed by atoms with Gasteiger partial charge >= 0.3 is 6.03 Å². The molecule has 5 rings (SSSR count).